The Labute approximate surface area is 123 Å². The predicted molar refractivity (Wildman–Crippen MR) is 77.7 cm³/mol. The monoisotopic (exact) mass is 298 g/mol. The van der Waals surface area contributed by atoms with Gasteiger partial charge >= 0.3 is 12.0 Å². The number of carbonyl (C=O) groups is 2. The fraction of sp³-hybridized carbons (Fsp3) is 0.429. The maximum absolute atomic E-state index is 11.7. The number of hydrogen-bond acceptors (Lipinski definition) is 2. The van der Waals surface area contributed by atoms with Crippen LogP contribution in [0.15, 0.2) is 24.3 Å². The van der Waals surface area contributed by atoms with E-state index in [4.69, 9.17) is 16.7 Å². The molecular formula is C14H19ClN2O3. The smallest absolute Gasteiger partial charge is 0.315 e. The van der Waals surface area contributed by atoms with Gasteiger partial charge in [0.1, 0.15) is 0 Å². The molecule has 3 N–H and O–H groups in total. The average Bonchev–Trinajstić information content (AvgIpc) is 2.35. The zero-order valence-corrected chi connectivity index (χ0v) is 12.3. The highest BCUT2D eigenvalue weighted by Crippen LogP contribution is 2.10. The molecule has 1 aromatic carbocycles. The van der Waals surface area contributed by atoms with Crippen LogP contribution in [0, 0.1) is 5.92 Å². The molecule has 1 unspecified atom stereocenters. The second kappa shape index (κ2) is 7.75. The molecule has 0 radical (unpaired) electrons. The summed E-state index contributed by atoms with van der Waals surface area (Å²) in [5.74, 6) is -0.887. The van der Waals surface area contributed by atoms with E-state index in [9.17, 15) is 9.59 Å². The lowest BCUT2D eigenvalue weighted by Gasteiger charge is -2.20. The number of urea groups is 1. The molecule has 0 fully saturated rings. The number of carboxylic acid groups (broad SMARTS) is 1. The van der Waals surface area contributed by atoms with Gasteiger partial charge in [-0.25, -0.2) is 4.79 Å². The van der Waals surface area contributed by atoms with Crippen LogP contribution < -0.4 is 10.6 Å². The van der Waals surface area contributed by atoms with Crippen LogP contribution in [0.25, 0.3) is 0 Å². The van der Waals surface area contributed by atoms with E-state index in [0.29, 0.717) is 11.6 Å². The molecule has 0 aliphatic carbocycles. The summed E-state index contributed by atoms with van der Waals surface area (Å²) in [5, 5.41) is 14.8. The van der Waals surface area contributed by atoms with Crippen LogP contribution >= 0.6 is 11.6 Å². The topological polar surface area (TPSA) is 78.4 Å². The summed E-state index contributed by atoms with van der Waals surface area (Å²) in [6.45, 7) is 4.07. The van der Waals surface area contributed by atoms with E-state index in [-0.39, 0.29) is 18.4 Å². The number of hydrogen-bond donors (Lipinski definition) is 3. The molecule has 0 spiro atoms. The van der Waals surface area contributed by atoms with Crippen molar-refractivity contribution in [1.82, 2.24) is 10.6 Å². The van der Waals surface area contributed by atoms with E-state index >= 15 is 0 Å². The molecular weight excluding hydrogens is 280 g/mol. The highest BCUT2D eigenvalue weighted by atomic mass is 35.5. The Balaban J connectivity index is 2.47. The van der Waals surface area contributed by atoms with Crippen molar-refractivity contribution in [3.63, 3.8) is 0 Å². The molecule has 20 heavy (non-hydrogen) atoms. The number of benzene rings is 1. The van der Waals surface area contributed by atoms with Gasteiger partial charge in [-0.3, -0.25) is 4.79 Å². The summed E-state index contributed by atoms with van der Waals surface area (Å²) in [4.78, 5) is 22.5. The fourth-order valence-corrected chi connectivity index (χ4v) is 1.90. The molecule has 0 aliphatic heterocycles. The van der Waals surface area contributed by atoms with E-state index in [1.54, 1.807) is 18.2 Å². The fourth-order valence-electron chi connectivity index (χ4n) is 1.69. The molecule has 0 aliphatic rings. The first-order valence-electron chi connectivity index (χ1n) is 6.39. The molecule has 0 bridgehead atoms. The largest absolute Gasteiger partial charge is 0.481 e. The maximum atomic E-state index is 11.7. The van der Waals surface area contributed by atoms with Crippen molar-refractivity contribution in [2.75, 3.05) is 0 Å². The summed E-state index contributed by atoms with van der Waals surface area (Å²) in [6.07, 6.45) is -0.0950. The summed E-state index contributed by atoms with van der Waals surface area (Å²) >= 11 is 5.85. The van der Waals surface area contributed by atoms with Gasteiger partial charge in [0.25, 0.3) is 0 Å². The number of carbonyl (C=O) groups excluding carboxylic acids is 1. The summed E-state index contributed by atoms with van der Waals surface area (Å²) in [5.41, 5.74) is 0.881. The van der Waals surface area contributed by atoms with Crippen molar-refractivity contribution >= 4 is 23.6 Å². The Hall–Kier alpha value is -1.75. The maximum Gasteiger partial charge on any atom is 0.315 e. The first-order valence-corrected chi connectivity index (χ1v) is 6.77. The number of nitrogens with one attached hydrogen (secondary N) is 2. The first-order chi connectivity index (χ1) is 9.38. The van der Waals surface area contributed by atoms with E-state index < -0.39 is 12.0 Å². The van der Waals surface area contributed by atoms with Crippen LogP contribution in [-0.2, 0) is 11.3 Å². The lowest BCUT2D eigenvalue weighted by atomic mass is 10.0. The highest BCUT2D eigenvalue weighted by molar-refractivity contribution is 6.30. The third-order valence-electron chi connectivity index (χ3n) is 2.86. The average molecular weight is 299 g/mol. The Kier molecular flexibility index (Phi) is 6.31. The molecule has 110 valence electrons. The van der Waals surface area contributed by atoms with Gasteiger partial charge in [0, 0.05) is 17.6 Å². The van der Waals surface area contributed by atoms with Crippen LogP contribution in [0.4, 0.5) is 4.79 Å². The molecule has 2 amide bonds. The van der Waals surface area contributed by atoms with Gasteiger partial charge in [0.05, 0.1) is 6.42 Å². The minimum absolute atomic E-state index is 0.0445. The SMILES string of the molecule is CC(C)C(CC(=O)O)NC(=O)NCc1cccc(Cl)c1. The van der Waals surface area contributed by atoms with E-state index in [2.05, 4.69) is 10.6 Å². The molecule has 5 nitrogen and oxygen atoms in total. The Morgan fingerprint density at radius 3 is 2.60 bits per heavy atom. The first kappa shape index (κ1) is 16.3. The standard InChI is InChI=1S/C14H19ClN2O3/c1-9(2)12(7-13(18)19)17-14(20)16-8-10-4-3-5-11(15)6-10/h3-6,9,12H,7-8H2,1-2H3,(H,18,19)(H2,16,17,20). The minimum atomic E-state index is -0.932. The molecule has 0 saturated carbocycles. The van der Waals surface area contributed by atoms with Gasteiger partial charge < -0.3 is 15.7 Å². The Bertz CT molecular complexity index is 477. The third kappa shape index (κ3) is 5.93. The summed E-state index contributed by atoms with van der Waals surface area (Å²) in [6, 6.07) is 6.39. The van der Waals surface area contributed by atoms with Crippen molar-refractivity contribution in [2.45, 2.75) is 32.9 Å². The molecule has 0 heterocycles. The zero-order chi connectivity index (χ0) is 15.1. The van der Waals surface area contributed by atoms with Crippen LogP contribution in [0.2, 0.25) is 5.02 Å². The lowest BCUT2D eigenvalue weighted by molar-refractivity contribution is -0.137. The normalized spacial score (nSPS) is 12.0. The van der Waals surface area contributed by atoms with Crippen LogP contribution in [0.3, 0.4) is 0 Å². The Morgan fingerprint density at radius 2 is 2.05 bits per heavy atom. The predicted octanol–water partition coefficient (Wildman–Crippen LogP) is 2.64. The Morgan fingerprint density at radius 1 is 1.35 bits per heavy atom. The molecule has 0 saturated heterocycles. The number of rotatable bonds is 6. The number of aliphatic carboxylic acids is 1. The zero-order valence-electron chi connectivity index (χ0n) is 11.5. The van der Waals surface area contributed by atoms with Crippen molar-refractivity contribution in [1.29, 1.82) is 0 Å². The molecule has 1 aromatic rings. The third-order valence-corrected chi connectivity index (χ3v) is 3.09. The van der Waals surface area contributed by atoms with Gasteiger partial charge in [0.15, 0.2) is 0 Å². The van der Waals surface area contributed by atoms with Crippen molar-refractivity contribution < 1.29 is 14.7 Å². The van der Waals surface area contributed by atoms with E-state index in [1.165, 1.54) is 0 Å². The number of halogens is 1. The summed E-state index contributed by atoms with van der Waals surface area (Å²) < 4.78 is 0. The minimum Gasteiger partial charge on any atom is -0.481 e. The number of amides is 2. The second-order valence-corrected chi connectivity index (χ2v) is 5.34. The van der Waals surface area contributed by atoms with Gasteiger partial charge in [-0.2, -0.15) is 0 Å². The van der Waals surface area contributed by atoms with Gasteiger partial charge in [0.2, 0.25) is 0 Å². The molecule has 0 aromatic heterocycles. The summed E-state index contributed by atoms with van der Waals surface area (Å²) in [7, 11) is 0. The van der Waals surface area contributed by atoms with Gasteiger partial charge in [-0.05, 0) is 23.6 Å². The second-order valence-electron chi connectivity index (χ2n) is 4.91. The quantitative estimate of drug-likeness (QED) is 0.755. The van der Waals surface area contributed by atoms with Crippen LogP contribution in [0.5, 0.6) is 0 Å². The van der Waals surface area contributed by atoms with Crippen LogP contribution in [0.1, 0.15) is 25.8 Å². The highest BCUT2D eigenvalue weighted by Gasteiger charge is 2.19. The number of carboxylic acids is 1. The van der Waals surface area contributed by atoms with Crippen LogP contribution in [-0.4, -0.2) is 23.1 Å². The van der Waals surface area contributed by atoms with Crippen molar-refractivity contribution in [3.05, 3.63) is 34.9 Å². The van der Waals surface area contributed by atoms with Gasteiger partial charge in [-0.15, -0.1) is 0 Å². The molecule has 1 atom stereocenters. The van der Waals surface area contributed by atoms with Crippen molar-refractivity contribution in [2.24, 2.45) is 5.92 Å². The lowest BCUT2D eigenvalue weighted by Crippen LogP contribution is -2.45. The molecule has 1 rings (SSSR count). The van der Waals surface area contributed by atoms with E-state index in [1.807, 2.05) is 19.9 Å². The van der Waals surface area contributed by atoms with E-state index in [0.717, 1.165) is 5.56 Å². The van der Waals surface area contributed by atoms with Crippen molar-refractivity contribution in [3.8, 4) is 0 Å². The molecule has 6 heteroatoms. The van der Waals surface area contributed by atoms with Gasteiger partial charge in [-0.1, -0.05) is 37.6 Å².